The van der Waals surface area contributed by atoms with Gasteiger partial charge in [-0.3, -0.25) is 9.59 Å². The molecule has 0 aliphatic rings. The number of ether oxygens (including phenoxy) is 2. The number of carbonyl (C=O) groups is 1. The van der Waals surface area contributed by atoms with Crippen molar-refractivity contribution in [3.63, 3.8) is 0 Å². The minimum absolute atomic E-state index is 0.00237. The van der Waals surface area contributed by atoms with Crippen molar-refractivity contribution in [1.29, 1.82) is 0 Å². The van der Waals surface area contributed by atoms with Gasteiger partial charge in [-0.25, -0.2) is 4.98 Å². The lowest BCUT2D eigenvalue weighted by Gasteiger charge is -2.09. The van der Waals surface area contributed by atoms with Gasteiger partial charge in [0.15, 0.2) is 5.16 Å². The van der Waals surface area contributed by atoms with Crippen LogP contribution in [0.5, 0.6) is 11.5 Å². The zero-order valence-corrected chi connectivity index (χ0v) is 19.3. The summed E-state index contributed by atoms with van der Waals surface area (Å²) in [6.07, 6.45) is 0.695. The molecule has 32 heavy (non-hydrogen) atoms. The number of amides is 1. The molecule has 0 bridgehead atoms. The molecule has 0 aliphatic heterocycles. The van der Waals surface area contributed by atoms with Crippen molar-refractivity contribution in [2.75, 3.05) is 20.8 Å². The number of carbonyl (C=O) groups excluding carboxylic acids is 1. The molecule has 0 spiro atoms. The molecule has 0 atom stereocenters. The molecule has 7 nitrogen and oxygen atoms in total. The molecule has 3 rings (SSSR count). The monoisotopic (exact) mass is 453 g/mol. The van der Waals surface area contributed by atoms with Gasteiger partial charge in [0, 0.05) is 23.6 Å². The van der Waals surface area contributed by atoms with Crippen LogP contribution < -0.4 is 20.3 Å². The summed E-state index contributed by atoms with van der Waals surface area (Å²) in [5.74, 6) is 2.02. The Morgan fingerprint density at radius 3 is 2.50 bits per heavy atom. The van der Waals surface area contributed by atoms with Gasteiger partial charge in [0.05, 0.1) is 20.6 Å². The number of hydrogen-bond acceptors (Lipinski definition) is 6. The quantitative estimate of drug-likeness (QED) is 0.361. The second kappa shape index (κ2) is 11.4. The van der Waals surface area contributed by atoms with E-state index in [4.69, 9.17) is 9.47 Å². The Hall–Kier alpha value is -3.26. The average Bonchev–Trinajstić information content (AvgIpc) is 2.80. The van der Waals surface area contributed by atoms with Gasteiger partial charge < -0.3 is 19.8 Å². The topological polar surface area (TPSA) is 93.3 Å². The second-order valence-corrected chi connectivity index (χ2v) is 8.16. The zero-order valence-electron chi connectivity index (χ0n) is 18.4. The molecular weight excluding hydrogens is 426 g/mol. The van der Waals surface area contributed by atoms with Crippen LogP contribution in [-0.4, -0.2) is 36.6 Å². The highest BCUT2D eigenvalue weighted by Crippen LogP contribution is 2.22. The number of nitrogens with zero attached hydrogens (tertiary/aromatic N) is 1. The summed E-state index contributed by atoms with van der Waals surface area (Å²) >= 11 is 1.43. The van der Waals surface area contributed by atoms with Crippen LogP contribution in [0.4, 0.5) is 0 Å². The number of nitrogens with one attached hydrogen (secondary N) is 2. The van der Waals surface area contributed by atoms with E-state index >= 15 is 0 Å². The number of thioether (sulfide) groups is 1. The molecule has 1 aromatic heterocycles. The van der Waals surface area contributed by atoms with Crippen molar-refractivity contribution >= 4 is 17.7 Å². The van der Waals surface area contributed by atoms with Crippen molar-refractivity contribution in [2.24, 2.45) is 0 Å². The molecule has 1 heterocycles. The van der Waals surface area contributed by atoms with Gasteiger partial charge in [0.2, 0.25) is 5.91 Å². The number of aryl methyl sites for hydroxylation is 1. The number of aromatic amines is 1. The predicted octanol–water partition coefficient (Wildman–Crippen LogP) is 3.29. The largest absolute Gasteiger partial charge is 0.497 e. The van der Waals surface area contributed by atoms with Gasteiger partial charge in [-0.2, -0.15) is 0 Å². The van der Waals surface area contributed by atoms with E-state index in [1.165, 1.54) is 11.8 Å². The molecular formula is C24H27N3O4S. The Labute approximate surface area is 191 Å². The van der Waals surface area contributed by atoms with Gasteiger partial charge >= 0.3 is 0 Å². The first-order valence-corrected chi connectivity index (χ1v) is 11.2. The lowest BCUT2D eigenvalue weighted by Crippen LogP contribution is -2.30. The summed E-state index contributed by atoms with van der Waals surface area (Å²) in [4.78, 5) is 32.1. The summed E-state index contributed by atoms with van der Waals surface area (Å²) < 4.78 is 10.4. The number of methoxy groups -OCH3 is 2. The lowest BCUT2D eigenvalue weighted by molar-refractivity contribution is -0.120. The van der Waals surface area contributed by atoms with Crippen molar-refractivity contribution < 1.29 is 14.3 Å². The van der Waals surface area contributed by atoms with Gasteiger partial charge in [-0.1, -0.05) is 36.0 Å². The maximum atomic E-state index is 12.5. The Morgan fingerprint density at radius 1 is 1.06 bits per heavy atom. The Bertz CT molecular complexity index is 1110. The fraction of sp³-hybridized carbons (Fsp3) is 0.292. The first-order chi connectivity index (χ1) is 15.5. The van der Waals surface area contributed by atoms with Crippen molar-refractivity contribution in [1.82, 2.24) is 15.3 Å². The van der Waals surface area contributed by atoms with Crippen LogP contribution >= 0.6 is 11.8 Å². The highest BCUT2D eigenvalue weighted by atomic mass is 32.2. The highest BCUT2D eigenvalue weighted by Gasteiger charge is 2.13. The van der Waals surface area contributed by atoms with Crippen LogP contribution in [0.2, 0.25) is 0 Å². The smallest absolute Gasteiger partial charge is 0.255 e. The summed E-state index contributed by atoms with van der Waals surface area (Å²) in [6, 6.07) is 15.5. The van der Waals surface area contributed by atoms with Crippen LogP contribution in [-0.2, 0) is 23.4 Å². The summed E-state index contributed by atoms with van der Waals surface area (Å²) in [7, 11) is 3.25. The number of aromatic nitrogens is 2. The van der Waals surface area contributed by atoms with Crippen LogP contribution in [0, 0.1) is 6.92 Å². The fourth-order valence-corrected chi connectivity index (χ4v) is 3.99. The van der Waals surface area contributed by atoms with E-state index in [0.717, 1.165) is 22.6 Å². The van der Waals surface area contributed by atoms with Gasteiger partial charge in [-0.05, 0) is 48.7 Å². The molecule has 2 aromatic carbocycles. The third-order valence-corrected chi connectivity index (χ3v) is 5.89. The van der Waals surface area contributed by atoms with E-state index in [1.54, 1.807) is 21.1 Å². The third kappa shape index (κ3) is 6.62. The molecule has 0 saturated heterocycles. The lowest BCUT2D eigenvalue weighted by atomic mass is 10.1. The SMILES string of the molecule is COc1ccc(CCNC(=O)Cc2c(C)nc(SCc3cccc(OC)c3)[nH]c2=O)cc1. The van der Waals surface area contributed by atoms with Crippen LogP contribution in [0.15, 0.2) is 58.5 Å². The molecule has 8 heteroatoms. The molecule has 3 aromatic rings. The Balaban J connectivity index is 1.53. The number of benzene rings is 2. The number of rotatable bonds is 10. The Morgan fingerprint density at radius 2 is 1.81 bits per heavy atom. The van der Waals surface area contributed by atoms with Gasteiger partial charge in [-0.15, -0.1) is 0 Å². The highest BCUT2D eigenvalue weighted by molar-refractivity contribution is 7.98. The molecule has 0 fully saturated rings. The summed E-state index contributed by atoms with van der Waals surface area (Å²) in [5, 5.41) is 3.39. The number of hydrogen-bond donors (Lipinski definition) is 2. The maximum Gasteiger partial charge on any atom is 0.255 e. The summed E-state index contributed by atoms with van der Waals surface area (Å²) in [5.41, 5.74) is 2.83. The standard InChI is InChI=1S/C24H27N3O4S/c1-16-21(14-22(28)25-12-11-17-7-9-19(30-2)10-8-17)23(29)27-24(26-16)32-15-18-5-4-6-20(13-18)31-3/h4-10,13H,11-12,14-15H2,1-3H3,(H,25,28)(H,26,27,29). The third-order valence-electron chi connectivity index (χ3n) is 4.94. The van der Waals surface area contributed by atoms with Crippen LogP contribution in [0.1, 0.15) is 22.4 Å². The van der Waals surface area contributed by atoms with Crippen molar-refractivity contribution in [3.8, 4) is 11.5 Å². The summed E-state index contributed by atoms with van der Waals surface area (Å²) in [6.45, 7) is 2.24. The predicted molar refractivity (Wildman–Crippen MR) is 126 cm³/mol. The molecule has 0 saturated carbocycles. The molecule has 0 unspecified atom stereocenters. The molecule has 1 amide bonds. The average molecular weight is 454 g/mol. The van der Waals surface area contributed by atoms with E-state index in [0.29, 0.717) is 35.1 Å². The second-order valence-electron chi connectivity index (χ2n) is 7.20. The first-order valence-electron chi connectivity index (χ1n) is 10.2. The van der Waals surface area contributed by atoms with Crippen LogP contribution in [0.25, 0.3) is 0 Å². The minimum atomic E-state index is -0.282. The Kier molecular flexibility index (Phi) is 8.33. The van der Waals surface area contributed by atoms with Gasteiger partial charge in [0.1, 0.15) is 11.5 Å². The van der Waals surface area contributed by atoms with E-state index in [9.17, 15) is 9.59 Å². The molecule has 0 radical (unpaired) electrons. The molecule has 2 N–H and O–H groups in total. The fourth-order valence-electron chi connectivity index (χ4n) is 3.14. The molecule has 168 valence electrons. The van der Waals surface area contributed by atoms with Crippen molar-refractivity contribution in [2.45, 2.75) is 30.7 Å². The van der Waals surface area contributed by atoms with Crippen LogP contribution in [0.3, 0.4) is 0 Å². The number of H-pyrrole nitrogens is 1. The zero-order chi connectivity index (χ0) is 22.9. The van der Waals surface area contributed by atoms with E-state index < -0.39 is 0 Å². The van der Waals surface area contributed by atoms with Gasteiger partial charge in [0.25, 0.3) is 5.56 Å². The maximum absolute atomic E-state index is 12.5. The van der Waals surface area contributed by atoms with E-state index in [2.05, 4.69) is 15.3 Å². The normalized spacial score (nSPS) is 10.6. The van der Waals surface area contributed by atoms with E-state index in [-0.39, 0.29) is 17.9 Å². The molecule has 0 aliphatic carbocycles. The van der Waals surface area contributed by atoms with E-state index in [1.807, 2.05) is 48.5 Å². The first kappa shape index (κ1) is 23.4. The van der Waals surface area contributed by atoms with Crippen molar-refractivity contribution in [3.05, 3.63) is 81.3 Å². The minimum Gasteiger partial charge on any atom is -0.497 e.